The zero-order valence-electron chi connectivity index (χ0n) is 9.10. The molecule has 2 rings (SSSR count). The number of carboxylic acids is 1. The number of hydrogen-bond donors (Lipinski definition) is 1. The lowest BCUT2D eigenvalue weighted by atomic mass is 9.82. The Morgan fingerprint density at radius 2 is 2.19 bits per heavy atom. The van der Waals surface area contributed by atoms with Crippen molar-refractivity contribution in [1.82, 2.24) is 10.1 Å². The molecule has 0 aromatic carbocycles. The molecular weight excluding hydrogens is 212 g/mol. The summed E-state index contributed by atoms with van der Waals surface area (Å²) in [7, 11) is 0. The number of rotatable bonds is 3. The molecule has 0 atom stereocenters. The van der Waals surface area contributed by atoms with E-state index in [4.69, 9.17) is 14.4 Å². The van der Waals surface area contributed by atoms with Crippen LogP contribution in [0.3, 0.4) is 0 Å². The Balaban J connectivity index is 2.13. The monoisotopic (exact) mass is 226 g/mol. The van der Waals surface area contributed by atoms with Crippen molar-refractivity contribution in [3.05, 3.63) is 11.7 Å². The Bertz CT molecular complexity index is 382. The third-order valence-electron chi connectivity index (χ3n) is 2.91. The van der Waals surface area contributed by atoms with Gasteiger partial charge in [-0.1, -0.05) is 12.1 Å². The molecule has 0 radical (unpaired) electrons. The van der Waals surface area contributed by atoms with Gasteiger partial charge in [-0.2, -0.15) is 4.98 Å². The molecule has 0 unspecified atom stereocenters. The van der Waals surface area contributed by atoms with Crippen molar-refractivity contribution >= 4 is 5.97 Å². The summed E-state index contributed by atoms with van der Waals surface area (Å²) >= 11 is 0. The molecule has 1 aromatic rings. The van der Waals surface area contributed by atoms with Crippen molar-refractivity contribution in [2.45, 2.75) is 31.6 Å². The number of carboxylic acid groups (broad SMARTS) is 1. The predicted molar refractivity (Wildman–Crippen MR) is 53.0 cm³/mol. The van der Waals surface area contributed by atoms with Crippen LogP contribution in [0.15, 0.2) is 4.52 Å². The first-order valence-corrected chi connectivity index (χ1v) is 5.23. The van der Waals surface area contributed by atoms with Gasteiger partial charge < -0.3 is 14.4 Å². The molecule has 0 saturated carbocycles. The van der Waals surface area contributed by atoms with Gasteiger partial charge in [-0.3, -0.25) is 4.79 Å². The minimum absolute atomic E-state index is 0.154. The highest BCUT2D eigenvalue weighted by Crippen LogP contribution is 2.32. The van der Waals surface area contributed by atoms with E-state index in [9.17, 15) is 4.79 Å². The first-order chi connectivity index (χ1) is 7.60. The SMILES string of the molecule is CC1(c2noc(CC(=O)O)n2)CCOCC1. The van der Waals surface area contributed by atoms with Crippen LogP contribution in [-0.2, 0) is 21.4 Å². The summed E-state index contributed by atoms with van der Waals surface area (Å²) in [5.74, 6) is -0.213. The Morgan fingerprint density at radius 3 is 2.81 bits per heavy atom. The fourth-order valence-corrected chi connectivity index (χ4v) is 1.75. The highest BCUT2D eigenvalue weighted by molar-refractivity contribution is 5.68. The summed E-state index contributed by atoms with van der Waals surface area (Å²) in [6.07, 6.45) is 1.44. The largest absolute Gasteiger partial charge is 0.481 e. The van der Waals surface area contributed by atoms with Crippen LogP contribution in [0.1, 0.15) is 31.5 Å². The smallest absolute Gasteiger partial charge is 0.312 e. The van der Waals surface area contributed by atoms with Crippen LogP contribution >= 0.6 is 0 Å². The fourth-order valence-electron chi connectivity index (χ4n) is 1.75. The van der Waals surface area contributed by atoms with Crippen LogP contribution < -0.4 is 0 Å². The zero-order valence-corrected chi connectivity index (χ0v) is 9.10. The summed E-state index contributed by atoms with van der Waals surface area (Å²) in [4.78, 5) is 14.6. The molecule has 0 aliphatic carbocycles. The molecule has 0 amide bonds. The van der Waals surface area contributed by atoms with Crippen molar-refractivity contribution in [3.63, 3.8) is 0 Å². The summed E-state index contributed by atoms with van der Waals surface area (Å²) in [5, 5.41) is 12.5. The van der Waals surface area contributed by atoms with Gasteiger partial charge in [-0.25, -0.2) is 0 Å². The minimum atomic E-state index is -0.965. The van der Waals surface area contributed by atoms with Gasteiger partial charge >= 0.3 is 5.97 Å². The molecule has 0 spiro atoms. The van der Waals surface area contributed by atoms with Gasteiger partial charge in [-0.05, 0) is 12.8 Å². The normalized spacial score (nSPS) is 19.6. The molecule has 1 saturated heterocycles. The second-order valence-corrected chi connectivity index (χ2v) is 4.26. The van der Waals surface area contributed by atoms with Crippen LogP contribution in [-0.4, -0.2) is 34.4 Å². The van der Waals surface area contributed by atoms with Gasteiger partial charge in [0.25, 0.3) is 0 Å². The Hall–Kier alpha value is -1.43. The molecular formula is C10H14N2O4. The van der Waals surface area contributed by atoms with E-state index in [1.165, 1.54) is 0 Å². The summed E-state index contributed by atoms with van der Waals surface area (Å²) in [6.45, 7) is 3.41. The number of aliphatic carboxylic acids is 1. The average Bonchev–Trinajstić information content (AvgIpc) is 2.67. The molecule has 0 bridgehead atoms. The number of nitrogens with zero attached hydrogens (tertiary/aromatic N) is 2. The highest BCUT2D eigenvalue weighted by atomic mass is 16.5. The quantitative estimate of drug-likeness (QED) is 0.819. The van der Waals surface area contributed by atoms with E-state index in [1.54, 1.807) is 0 Å². The number of hydrogen-bond acceptors (Lipinski definition) is 5. The fraction of sp³-hybridized carbons (Fsp3) is 0.700. The topological polar surface area (TPSA) is 85.5 Å². The lowest BCUT2D eigenvalue weighted by Gasteiger charge is -2.29. The van der Waals surface area contributed by atoms with Crippen LogP contribution in [0.25, 0.3) is 0 Å². The van der Waals surface area contributed by atoms with E-state index in [0.29, 0.717) is 19.0 Å². The maximum absolute atomic E-state index is 10.5. The second kappa shape index (κ2) is 4.21. The third-order valence-corrected chi connectivity index (χ3v) is 2.91. The molecule has 1 aliphatic heterocycles. The van der Waals surface area contributed by atoms with Crippen LogP contribution in [0.4, 0.5) is 0 Å². The highest BCUT2D eigenvalue weighted by Gasteiger charge is 2.34. The molecule has 1 N–H and O–H groups in total. The van der Waals surface area contributed by atoms with Crippen LogP contribution in [0.5, 0.6) is 0 Å². The van der Waals surface area contributed by atoms with Gasteiger partial charge in [0.15, 0.2) is 5.82 Å². The van der Waals surface area contributed by atoms with Crippen molar-refractivity contribution in [3.8, 4) is 0 Å². The molecule has 1 aromatic heterocycles. The first kappa shape index (κ1) is 11.1. The summed E-state index contributed by atoms with van der Waals surface area (Å²) < 4.78 is 10.2. The Kier molecular flexibility index (Phi) is 2.91. The summed E-state index contributed by atoms with van der Waals surface area (Å²) in [5.41, 5.74) is -0.154. The van der Waals surface area contributed by atoms with E-state index >= 15 is 0 Å². The molecule has 1 fully saturated rings. The predicted octanol–water partition coefficient (Wildman–Crippen LogP) is 0.765. The van der Waals surface area contributed by atoms with E-state index < -0.39 is 5.97 Å². The molecule has 2 heterocycles. The lowest BCUT2D eigenvalue weighted by molar-refractivity contribution is -0.136. The third kappa shape index (κ3) is 2.21. The van der Waals surface area contributed by atoms with Gasteiger partial charge in [0, 0.05) is 18.6 Å². The van der Waals surface area contributed by atoms with E-state index in [2.05, 4.69) is 10.1 Å². The van der Waals surface area contributed by atoms with Gasteiger partial charge in [-0.15, -0.1) is 0 Å². The first-order valence-electron chi connectivity index (χ1n) is 5.23. The number of carbonyl (C=O) groups is 1. The second-order valence-electron chi connectivity index (χ2n) is 4.26. The Labute approximate surface area is 92.6 Å². The standard InChI is InChI=1S/C10H14N2O4/c1-10(2-4-15-5-3-10)9-11-7(16-12-9)6-8(13)14/h2-6H2,1H3,(H,13,14). The zero-order chi connectivity index (χ0) is 11.6. The van der Waals surface area contributed by atoms with Crippen molar-refractivity contribution in [2.24, 2.45) is 0 Å². The van der Waals surface area contributed by atoms with Crippen molar-refractivity contribution in [1.29, 1.82) is 0 Å². The molecule has 88 valence electrons. The van der Waals surface area contributed by atoms with Crippen molar-refractivity contribution in [2.75, 3.05) is 13.2 Å². The van der Waals surface area contributed by atoms with Gasteiger partial charge in [0.1, 0.15) is 6.42 Å². The lowest BCUT2D eigenvalue weighted by Crippen LogP contribution is -2.31. The van der Waals surface area contributed by atoms with Gasteiger partial charge in [0.2, 0.25) is 5.89 Å². The maximum atomic E-state index is 10.5. The van der Waals surface area contributed by atoms with Crippen molar-refractivity contribution < 1.29 is 19.2 Å². The van der Waals surface area contributed by atoms with E-state index in [1.807, 2.05) is 6.92 Å². The van der Waals surface area contributed by atoms with E-state index in [-0.39, 0.29) is 17.7 Å². The molecule has 6 nitrogen and oxygen atoms in total. The number of aromatic nitrogens is 2. The van der Waals surface area contributed by atoms with Crippen LogP contribution in [0, 0.1) is 0 Å². The summed E-state index contributed by atoms with van der Waals surface area (Å²) in [6, 6.07) is 0. The van der Waals surface area contributed by atoms with Crippen LogP contribution in [0.2, 0.25) is 0 Å². The molecule has 1 aliphatic rings. The minimum Gasteiger partial charge on any atom is -0.481 e. The Morgan fingerprint density at radius 1 is 1.50 bits per heavy atom. The molecule has 6 heteroatoms. The molecule has 16 heavy (non-hydrogen) atoms. The van der Waals surface area contributed by atoms with E-state index in [0.717, 1.165) is 12.8 Å². The average molecular weight is 226 g/mol. The number of ether oxygens (including phenoxy) is 1. The maximum Gasteiger partial charge on any atom is 0.312 e. The van der Waals surface area contributed by atoms with Gasteiger partial charge in [0.05, 0.1) is 0 Å².